The van der Waals surface area contributed by atoms with Gasteiger partial charge in [-0.15, -0.1) is 0 Å². The molecule has 0 radical (unpaired) electrons. The second kappa shape index (κ2) is 4.86. The zero-order valence-corrected chi connectivity index (χ0v) is 7.64. The van der Waals surface area contributed by atoms with Gasteiger partial charge in [0.1, 0.15) is 0 Å². The van der Waals surface area contributed by atoms with Crippen LogP contribution in [-0.2, 0) is 0 Å². The van der Waals surface area contributed by atoms with E-state index in [1.807, 2.05) is 42.6 Å². The molecule has 2 aromatic rings. The Kier molecular flexibility index (Phi) is 3.76. The Morgan fingerprint density at radius 3 is 2.08 bits per heavy atom. The fourth-order valence-corrected chi connectivity index (χ4v) is 1.14. The number of pyridine rings is 1. The molecular weight excluding hydrogens is 153 g/mol. The van der Waals surface area contributed by atoms with Gasteiger partial charge in [0.15, 0.2) is 0 Å². The van der Waals surface area contributed by atoms with Crippen LogP contribution in [0.15, 0.2) is 54.7 Å². The van der Waals surface area contributed by atoms with Crippen molar-refractivity contribution in [2.24, 2.45) is 0 Å². The second-order valence-electron chi connectivity index (χ2n) is 2.58. The van der Waals surface area contributed by atoms with E-state index < -0.39 is 0 Å². The Morgan fingerprint density at radius 1 is 0.769 bits per heavy atom. The molecule has 0 N–H and O–H groups in total. The van der Waals surface area contributed by atoms with Crippen molar-refractivity contribution in [1.82, 2.24) is 4.98 Å². The molecule has 0 aliphatic carbocycles. The molecule has 13 heavy (non-hydrogen) atoms. The Labute approximate surface area is 90.0 Å². The van der Waals surface area contributed by atoms with Gasteiger partial charge in [0.25, 0.3) is 0 Å². The first-order chi connectivity index (χ1) is 5.97. The maximum absolute atomic E-state index is 4.25. The minimum atomic E-state index is 0. The van der Waals surface area contributed by atoms with Gasteiger partial charge >= 0.3 is 18.9 Å². The smallest absolute Gasteiger partial charge is 0.256 e. The largest absolute Gasteiger partial charge is 1.00 e. The molecule has 0 aliphatic heterocycles. The van der Waals surface area contributed by atoms with Crippen LogP contribution in [0, 0.1) is 0 Å². The van der Waals surface area contributed by atoms with Crippen molar-refractivity contribution in [3.8, 4) is 11.3 Å². The van der Waals surface area contributed by atoms with Crippen LogP contribution in [0.25, 0.3) is 11.3 Å². The second-order valence-corrected chi connectivity index (χ2v) is 2.58. The van der Waals surface area contributed by atoms with E-state index in [9.17, 15) is 0 Å². The topological polar surface area (TPSA) is 12.9 Å². The van der Waals surface area contributed by atoms with E-state index >= 15 is 0 Å². The molecule has 0 aliphatic rings. The van der Waals surface area contributed by atoms with Crippen molar-refractivity contribution < 1.29 is 18.9 Å². The summed E-state index contributed by atoms with van der Waals surface area (Å²) in [5.41, 5.74) is 2.19. The summed E-state index contributed by atoms with van der Waals surface area (Å²) in [6, 6.07) is 16.1. The van der Waals surface area contributed by atoms with E-state index in [0.29, 0.717) is 0 Å². The fourth-order valence-electron chi connectivity index (χ4n) is 1.14. The summed E-state index contributed by atoms with van der Waals surface area (Å²) >= 11 is 0. The Hall–Kier alpha value is -1.03. The molecule has 0 saturated carbocycles. The molecular formula is C11H9LiN+. The first-order valence-electron chi connectivity index (χ1n) is 3.93. The normalized spacial score (nSPS) is 8.92. The summed E-state index contributed by atoms with van der Waals surface area (Å²) in [6.45, 7) is 0. The van der Waals surface area contributed by atoms with Crippen molar-refractivity contribution in [2.45, 2.75) is 0 Å². The molecule has 58 valence electrons. The van der Waals surface area contributed by atoms with Crippen LogP contribution in [0.4, 0.5) is 0 Å². The van der Waals surface area contributed by atoms with E-state index in [1.165, 1.54) is 0 Å². The summed E-state index contributed by atoms with van der Waals surface area (Å²) in [5, 5.41) is 0. The Balaban J connectivity index is 0.000000845. The fraction of sp³-hybridized carbons (Fsp3) is 0. The van der Waals surface area contributed by atoms with Gasteiger partial charge < -0.3 is 0 Å². The standard InChI is InChI=1S/C11H9N.Li/c1-2-6-10(7-3-1)11-8-4-5-9-12-11;/h1-9H;/q;+1. The molecule has 1 aromatic heterocycles. The van der Waals surface area contributed by atoms with Crippen molar-refractivity contribution in [1.29, 1.82) is 0 Å². The van der Waals surface area contributed by atoms with E-state index in [4.69, 9.17) is 0 Å². The monoisotopic (exact) mass is 162 g/mol. The predicted molar refractivity (Wildman–Crippen MR) is 49.7 cm³/mol. The molecule has 0 saturated heterocycles. The van der Waals surface area contributed by atoms with Crippen LogP contribution in [0.1, 0.15) is 0 Å². The molecule has 0 amide bonds. The van der Waals surface area contributed by atoms with Crippen LogP contribution in [-0.4, -0.2) is 4.98 Å². The van der Waals surface area contributed by atoms with E-state index in [2.05, 4.69) is 17.1 Å². The quantitative estimate of drug-likeness (QED) is 0.527. The SMILES string of the molecule is [Li+].c1ccc(-c2ccccn2)cc1. The zero-order chi connectivity index (χ0) is 8.23. The van der Waals surface area contributed by atoms with Crippen molar-refractivity contribution >= 4 is 0 Å². The first-order valence-corrected chi connectivity index (χ1v) is 3.93. The third-order valence-electron chi connectivity index (χ3n) is 1.73. The summed E-state index contributed by atoms with van der Waals surface area (Å²) in [7, 11) is 0. The van der Waals surface area contributed by atoms with Gasteiger partial charge in [-0.05, 0) is 12.1 Å². The number of hydrogen-bond donors (Lipinski definition) is 0. The van der Waals surface area contributed by atoms with Gasteiger partial charge in [-0.25, -0.2) is 0 Å². The molecule has 2 heteroatoms. The van der Waals surface area contributed by atoms with Crippen molar-refractivity contribution in [3.05, 3.63) is 54.7 Å². The molecule has 0 bridgehead atoms. The maximum Gasteiger partial charge on any atom is 1.00 e. The Morgan fingerprint density at radius 2 is 1.46 bits per heavy atom. The van der Waals surface area contributed by atoms with Crippen LogP contribution in [0.5, 0.6) is 0 Å². The minimum absolute atomic E-state index is 0. The summed E-state index contributed by atoms with van der Waals surface area (Å²) in [6.07, 6.45) is 1.81. The van der Waals surface area contributed by atoms with Crippen LogP contribution >= 0.6 is 0 Å². The van der Waals surface area contributed by atoms with Crippen molar-refractivity contribution in [2.75, 3.05) is 0 Å². The molecule has 1 nitrogen and oxygen atoms in total. The number of rotatable bonds is 1. The van der Waals surface area contributed by atoms with Gasteiger partial charge in [-0.2, -0.15) is 0 Å². The molecule has 0 unspecified atom stereocenters. The maximum atomic E-state index is 4.25. The van der Waals surface area contributed by atoms with Gasteiger partial charge in [0.05, 0.1) is 5.69 Å². The van der Waals surface area contributed by atoms with Crippen LogP contribution < -0.4 is 18.9 Å². The van der Waals surface area contributed by atoms with Gasteiger partial charge in [0, 0.05) is 11.8 Å². The summed E-state index contributed by atoms with van der Waals surface area (Å²) in [4.78, 5) is 4.25. The molecule has 0 fully saturated rings. The van der Waals surface area contributed by atoms with Crippen LogP contribution in [0.3, 0.4) is 0 Å². The summed E-state index contributed by atoms with van der Waals surface area (Å²) < 4.78 is 0. The average molecular weight is 162 g/mol. The summed E-state index contributed by atoms with van der Waals surface area (Å²) in [5.74, 6) is 0. The third kappa shape index (κ3) is 2.45. The third-order valence-corrected chi connectivity index (χ3v) is 1.73. The van der Waals surface area contributed by atoms with Crippen LogP contribution in [0.2, 0.25) is 0 Å². The van der Waals surface area contributed by atoms with E-state index in [1.54, 1.807) is 0 Å². The number of benzene rings is 1. The predicted octanol–water partition coefficient (Wildman–Crippen LogP) is -0.247. The molecule has 0 atom stereocenters. The number of hydrogen-bond acceptors (Lipinski definition) is 1. The number of nitrogens with zero attached hydrogens (tertiary/aromatic N) is 1. The zero-order valence-electron chi connectivity index (χ0n) is 7.64. The number of aromatic nitrogens is 1. The minimum Gasteiger partial charge on any atom is -0.256 e. The molecule has 1 aromatic carbocycles. The van der Waals surface area contributed by atoms with E-state index in [0.717, 1.165) is 11.3 Å². The van der Waals surface area contributed by atoms with Gasteiger partial charge in [-0.1, -0.05) is 36.4 Å². The average Bonchev–Trinajstić information content (AvgIpc) is 2.21. The van der Waals surface area contributed by atoms with Gasteiger partial charge in [0.2, 0.25) is 0 Å². The van der Waals surface area contributed by atoms with E-state index in [-0.39, 0.29) is 18.9 Å². The van der Waals surface area contributed by atoms with Gasteiger partial charge in [-0.3, -0.25) is 4.98 Å². The molecule has 1 heterocycles. The first kappa shape index (κ1) is 10.1. The van der Waals surface area contributed by atoms with Crippen molar-refractivity contribution in [3.63, 3.8) is 0 Å². The molecule has 0 spiro atoms. The molecule has 2 rings (SSSR count). The Bertz CT molecular complexity index is 307.